The molecule has 11 heteroatoms. The molecule has 0 aliphatic rings. The minimum atomic E-state index is -3.69. The molecule has 0 aliphatic heterocycles. The summed E-state index contributed by atoms with van der Waals surface area (Å²) in [5.41, 5.74) is 2.14. The standard InChI is InChI=1S/C26H37N5O4S2/c1-5-19(6-2)31-23-10-9-18(15-21(23)29-24(31)16-20-8-7-12-36-20)25(32)30-22(14-17(3)4)26(33)28-11-13-37(27,34)35/h7-10,12,15,17,19,22H,5-6,11,13-14,16H2,1-4H3,(H,28,33)(H,30,32)(H2,27,34,35)/t22-/m0/s1. The average Bonchev–Trinajstić information content (AvgIpc) is 3.46. The first kappa shape index (κ1) is 28.8. The SMILES string of the molecule is CCC(CC)n1c(Cc2cccs2)nc2cc(C(=O)N[C@@H](CC(C)C)C(=O)NCCS(N)(=O)=O)ccc21. The first-order chi connectivity index (χ1) is 17.5. The molecule has 2 aromatic heterocycles. The Labute approximate surface area is 222 Å². The number of rotatable bonds is 13. The highest BCUT2D eigenvalue weighted by molar-refractivity contribution is 7.89. The molecule has 0 radical (unpaired) electrons. The maximum absolute atomic E-state index is 13.2. The number of primary sulfonamides is 1. The molecule has 202 valence electrons. The largest absolute Gasteiger partial charge is 0.353 e. The van der Waals surface area contributed by atoms with E-state index in [1.807, 2.05) is 26.0 Å². The first-order valence-electron chi connectivity index (χ1n) is 12.6. The summed E-state index contributed by atoms with van der Waals surface area (Å²) < 4.78 is 24.6. The number of aromatic nitrogens is 2. The van der Waals surface area contributed by atoms with Gasteiger partial charge in [0.05, 0.1) is 16.8 Å². The fourth-order valence-corrected chi connectivity index (χ4v) is 5.52. The molecule has 1 aromatic carbocycles. The van der Waals surface area contributed by atoms with Gasteiger partial charge in [-0.2, -0.15) is 0 Å². The molecule has 0 unspecified atom stereocenters. The second kappa shape index (κ2) is 12.7. The summed E-state index contributed by atoms with van der Waals surface area (Å²) in [7, 11) is -3.69. The van der Waals surface area contributed by atoms with Gasteiger partial charge in [0, 0.05) is 29.4 Å². The third-order valence-electron chi connectivity index (χ3n) is 6.26. The highest BCUT2D eigenvalue weighted by Gasteiger charge is 2.24. The number of fused-ring (bicyclic) bond motifs is 1. The zero-order valence-corrected chi connectivity index (χ0v) is 23.5. The summed E-state index contributed by atoms with van der Waals surface area (Å²) in [6.45, 7) is 8.11. The molecule has 9 nitrogen and oxygen atoms in total. The van der Waals surface area contributed by atoms with Gasteiger partial charge in [-0.1, -0.05) is 33.8 Å². The number of hydrogen-bond acceptors (Lipinski definition) is 6. The number of amides is 2. The van der Waals surface area contributed by atoms with Gasteiger partial charge < -0.3 is 15.2 Å². The highest BCUT2D eigenvalue weighted by atomic mass is 32.2. The lowest BCUT2D eigenvalue weighted by Crippen LogP contribution is -2.48. The van der Waals surface area contributed by atoms with Gasteiger partial charge in [-0.15, -0.1) is 11.3 Å². The second-order valence-electron chi connectivity index (χ2n) is 9.64. The van der Waals surface area contributed by atoms with E-state index in [-0.39, 0.29) is 24.1 Å². The van der Waals surface area contributed by atoms with Gasteiger partial charge in [0.1, 0.15) is 11.9 Å². The van der Waals surface area contributed by atoms with Gasteiger partial charge in [-0.3, -0.25) is 9.59 Å². The number of imidazole rings is 1. The van der Waals surface area contributed by atoms with Crippen LogP contribution in [-0.2, 0) is 21.2 Å². The molecule has 0 spiro atoms. The van der Waals surface area contributed by atoms with Crippen molar-refractivity contribution in [1.29, 1.82) is 0 Å². The van der Waals surface area contributed by atoms with Crippen LogP contribution in [-0.4, -0.2) is 48.1 Å². The van der Waals surface area contributed by atoms with Gasteiger partial charge in [0.2, 0.25) is 15.9 Å². The topological polar surface area (TPSA) is 136 Å². The Balaban J connectivity index is 1.85. The van der Waals surface area contributed by atoms with Crippen LogP contribution in [0.2, 0.25) is 0 Å². The molecule has 3 rings (SSSR count). The lowest BCUT2D eigenvalue weighted by Gasteiger charge is -2.20. The molecule has 0 aliphatic carbocycles. The molecule has 4 N–H and O–H groups in total. The molecular formula is C26H37N5O4S2. The number of benzene rings is 1. The van der Waals surface area contributed by atoms with Gasteiger partial charge in [-0.05, 0) is 54.8 Å². The van der Waals surface area contributed by atoms with Crippen molar-refractivity contribution in [2.45, 2.75) is 65.5 Å². The van der Waals surface area contributed by atoms with Crippen LogP contribution in [0.1, 0.15) is 74.1 Å². The van der Waals surface area contributed by atoms with Crippen LogP contribution in [0.5, 0.6) is 0 Å². The Bertz CT molecular complexity index is 1310. The number of carbonyl (C=O) groups excluding carboxylic acids is 2. The summed E-state index contributed by atoms with van der Waals surface area (Å²) in [6.07, 6.45) is 3.07. The molecule has 2 heterocycles. The number of nitrogens with zero attached hydrogens (tertiary/aromatic N) is 2. The van der Waals surface area contributed by atoms with Gasteiger partial charge in [0.25, 0.3) is 5.91 Å². The van der Waals surface area contributed by atoms with E-state index in [0.717, 1.165) is 36.1 Å². The molecular weight excluding hydrogens is 510 g/mol. The van der Waals surface area contributed by atoms with Crippen LogP contribution in [0.3, 0.4) is 0 Å². The van der Waals surface area contributed by atoms with Gasteiger partial charge in [-0.25, -0.2) is 18.5 Å². The number of carbonyl (C=O) groups is 2. The second-order valence-corrected chi connectivity index (χ2v) is 12.4. The fourth-order valence-electron chi connectivity index (χ4n) is 4.43. The van der Waals surface area contributed by atoms with Crippen LogP contribution in [0.4, 0.5) is 0 Å². The van der Waals surface area contributed by atoms with Crippen LogP contribution in [0.15, 0.2) is 35.7 Å². The Morgan fingerprint density at radius 3 is 2.49 bits per heavy atom. The number of nitrogens with two attached hydrogens (primary N) is 1. The van der Waals surface area contributed by atoms with E-state index in [9.17, 15) is 18.0 Å². The zero-order valence-electron chi connectivity index (χ0n) is 21.9. The third kappa shape index (κ3) is 7.86. The van der Waals surface area contributed by atoms with E-state index < -0.39 is 22.0 Å². The van der Waals surface area contributed by atoms with Gasteiger partial charge >= 0.3 is 0 Å². The smallest absolute Gasteiger partial charge is 0.252 e. The first-order valence-corrected chi connectivity index (χ1v) is 15.2. The van der Waals surface area contributed by atoms with E-state index in [4.69, 9.17) is 10.1 Å². The number of sulfonamides is 1. The van der Waals surface area contributed by atoms with Crippen molar-refractivity contribution in [3.63, 3.8) is 0 Å². The zero-order chi connectivity index (χ0) is 27.2. The van der Waals surface area contributed by atoms with Crippen molar-refractivity contribution in [3.8, 4) is 0 Å². The molecule has 3 aromatic rings. The summed E-state index contributed by atoms with van der Waals surface area (Å²) in [4.78, 5) is 32.0. The molecule has 2 amide bonds. The maximum atomic E-state index is 13.2. The lowest BCUT2D eigenvalue weighted by molar-refractivity contribution is -0.123. The van der Waals surface area contributed by atoms with Crippen molar-refractivity contribution < 1.29 is 18.0 Å². The van der Waals surface area contributed by atoms with Crippen LogP contribution >= 0.6 is 11.3 Å². The number of thiophene rings is 1. The summed E-state index contributed by atoms with van der Waals surface area (Å²) in [5, 5.41) is 12.4. The van der Waals surface area contributed by atoms with Gasteiger partial charge in [0.15, 0.2) is 0 Å². The molecule has 0 saturated heterocycles. The quantitative estimate of drug-likeness (QED) is 0.300. The average molecular weight is 548 g/mol. The van der Waals surface area contributed by atoms with Crippen LogP contribution in [0, 0.1) is 5.92 Å². The Morgan fingerprint density at radius 1 is 1.16 bits per heavy atom. The number of nitrogens with one attached hydrogen (secondary N) is 2. The molecule has 0 fully saturated rings. The fraction of sp³-hybridized carbons (Fsp3) is 0.500. The summed E-state index contributed by atoms with van der Waals surface area (Å²) >= 11 is 1.70. The Kier molecular flexibility index (Phi) is 9.86. The van der Waals surface area contributed by atoms with E-state index in [0.29, 0.717) is 18.0 Å². The predicted octanol–water partition coefficient (Wildman–Crippen LogP) is 3.60. The minimum Gasteiger partial charge on any atom is -0.353 e. The lowest BCUT2D eigenvalue weighted by atomic mass is 10.0. The van der Waals surface area contributed by atoms with E-state index in [2.05, 4.69) is 40.5 Å². The molecule has 1 atom stereocenters. The normalized spacial score (nSPS) is 12.8. The van der Waals surface area contributed by atoms with Crippen molar-refractivity contribution in [1.82, 2.24) is 20.2 Å². The number of hydrogen-bond donors (Lipinski definition) is 3. The van der Waals surface area contributed by atoms with Crippen molar-refractivity contribution >= 4 is 44.2 Å². The van der Waals surface area contributed by atoms with E-state index in [1.165, 1.54) is 4.88 Å². The Morgan fingerprint density at radius 2 is 1.89 bits per heavy atom. The van der Waals surface area contributed by atoms with Crippen LogP contribution < -0.4 is 15.8 Å². The molecule has 0 saturated carbocycles. The predicted molar refractivity (Wildman–Crippen MR) is 148 cm³/mol. The van der Waals surface area contributed by atoms with Crippen molar-refractivity contribution in [2.24, 2.45) is 11.1 Å². The minimum absolute atomic E-state index is 0.117. The summed E-state index contributed by atoms with van der Waals surface area (Å²) in [6, 6.07) is 9.09. The molecule has 37 heavy (non-hydrogen) atoms. The van der Waals surface area contributed by atoms with E-state index >= 15 is 0 Å². The maximum Gasteiger partial charge on any atom is 0.252 e. The highest BCUT2D eigenvalue weighted by Crippen LogP contribution is 2.28. The van der Waals surface area contributed by atoms with E-state index in [1.54, 1.807) is 23.5 Å². The summed E-state index contributed by atoms with van der Waals surface area (Å²) in [5.74, 6) is -0.0953. The van der Waals surface area contributed by atoms with Crippen LogP contribution in [0.25, 0.3) is 11.0 Å². The molecule has 0 bridgehead atoms. The monoisotopic (exact) mass is 547 g/mol. The van der Waals surface area contributed by atoms with Crippen molar-refractivity contribution in [2.75, 3.05) is 12.3 Å². The van der Waals surface area contributed by atoms with Crippen molar-refractivity contribution in [3.05, 3.63) is 52.0 Å². The Hall–Kier alpha value is -2.76. The third-order valence-corrected chi connectivity index (χ3v) is 7.91.